The Balaban J connectivity index is 2.16. The molecule has 28 heavy (non-hydrogen) atoms. The van der Waals surface area contributed by atoms with Crippen LogP contribution in [0.1, 0.15) is 31.9 Å². The lowest BCUT2D eigenvalue weighted by molar-refractivity contribution is -0.137. The Morgan fingerprint density at radius 2 is 1.64 bits per heavy atom. The number of hydrogen-bond acceptors (Lipinski definition) is 3. The molecule has 0 aliphatic heterocycles. The molecule has 0 saturated carbocycles. The molecule has 8 heteroatoms. The zero-order chi connectivity index (χ0) is 20.9. The van der Waals surface area contributed by atoms with Crippen molar-refractivity contribution in [2.45, 2.75) is 37.3 Å². The summed E-state index contributed by atoms with van der Waals surface area (Å²) in [6.45, 7) is 5.81. The summed E-state index contributed by atoms with van der Waals surface area (Å²) in [5.41, 5.74) is -0.292. The van der Waals surface area contributed by atoms with Crippen LogP contribution in [0.25, 0.3) is 10.9 Å². The highest BCUT2D eigenvalue weighted by Gasteiger charge is 2.31. The van der Waals surface area contributed by atoms with Crippen LogP contribution in [0.15, 0.2) is 53.6 Å². The Hall–Kier alpha value is -2.48. The minimum Gasteiger partial charge on any atom is -0.496 e. The number of aromatic nitrogens is 1. The van der Waals surface area contributed by atoms with E-state index in [2.05, 4.69) is 0 Å². The number of alkyl halides is 3. The molecule has 2 aromatic carbocycles. The lowest BCUT2D eigenvalue weighted by atomic mass is 9.86. The summed E-state index contributed by atoms with van der Waals surface area (Å²) in [4.78, 5) is 0.0376. The van der Waals surface area contributed by atoms with Crippen LogP contribution in [0, 0.1) is 0 Å². The third kappa shape index (κ3) is 3.48. The van der Waals surface area contributed by atoms with Crippen molar-refractivity contribution >= 4 is 20.9 Å². The van der Waals surface area contributed by atoms with Gasteiger partial charge < -0.3 is 4.74 Å². The molecular formula is C20H20F3NO3S. The van der Waals surface area contributed by atoms with Crippen molar-refractivity contribution in [1.29, 1.82) is 0 Å². The summed E-state index contributed by atoms with van der Waals surface area (Å²) in [7, 11) is -2.49. The largest absolute Gasteiger partial charge is 0.496 e. The Morgan fingerprint density at radius 3 is 2.21 bits per heavy atom. The van der Waals surface area contributed by atoms with E-state index in [1.54, 1.807) is 12.1 Å². The molecule has 0 fully saturated rings. The molecule has 3 rings (SSSR count). The fraction of sp³-hybridized carbons (Fsp3) is 0.300. The van der Waals surface area contributed by atoms with E-state index in [9.17, 15) is 21.6 Å². The predicted molar refractivity (Wildman–Crippen MR) is 101 cm³/mol. The van der Waals surface area contributed by atoms with Gasteiger partial charge in [-0.05, 0) is 47.9 Å². The first-order valence-corrected chi connectivity index (χ1v) is 9.92. The normalized spacial score (nSPS) is 13.1. The van der Waals surface area contributed by atoms with Crippen LogP contribution < -0.4 is 4.74 Å². The molecule has 3 aromatic rings. The fourth-order valence-electron chi connectivity index (χ4n) is 3.05. The van der Waals surface area contributed by atoms with Gasteiger partial charge in [0.05, 0.1) is 23.1 Å². The van der Waals surface area contributed by atoms with E-state index in [0.29, 0.717) is 11.3 Å². The van der Waals surface area contributed by atoms with Gasteiger partial charge in [-0.25, -0.2) is 12.4 Å². The third-order valence-corrected chi connectivity index (χ3v) is 6.20. The van der Waals surface area contributed by atoms with Gasteiger partial charge in [0.15, 0.2) is 0 Å². The van der Waals surface area contributed by atoms with Gasteiger partial charge in [-0.1, -0.05) is 20.8 Å². The molecule has 0 bridgehead atoms. The first-order chi connectivity index (χ1) is 12.9. The molecule has 0 unspecified atom stereocenters. The summed E-state index contributed by atoms with van der Waals surface area (Å²) in [5, 5.41) is 0.197. The maximum Gasteiger partial charge on any atom is 0.416 e. The topological polar surface area (TPSA) is 48.3 Å². The van der Waals surface area contributed by atoms with E-state index in [4.69, 9.17) is 4.74 Å². The van der Waals surface area contributed by atoms with Crippen LogP contribution in [0.4, 0.5) is 13.2 Å². The Bertz CT molecular complexity index is 1140. The minimum atomic E-state index is -4.49. The van der Waals surface area contributed by atoms with Crippen molar-refractivity contribution in [3.05, 3.63) is 59.8 Å². The van der Waals surface area contributed by atoms with Gasteiger partial charge in [0.1, 0.15) is 5.75 Å². The summed E-state index contributed by atoms with van der Waals surface area (Å²) in [6, 6.07) is 8.91. The molecule has 150 valence electrons. The maximum atomic E-state index is 13.2. The van der Waals surface area contributed by atoms with Crippen LogP contribution in [-0.4, -0.2) is 19.5 Å². The molecule has 0 aliphatic rings. The standard InChI is InChI=1S/C20H20F3NO3S/c1-19(2,3)16-12-15(6-8-18(16)27-4)28(25,26)24-10-9-13-11-14(20(21,22)23)5-7-17(13)24/h5-12H,1-4H3. The number of rotatable bonds is 3. The van der Waals surface area contributed by atoms with Crippen LogP contribution >= 0.6 is 0 Å². The fourth-order valence-corrected chi connectivity index (χ4v) is 4.43. The van der Waals surface area contributed by atoms with Gasteiger partial charge in [-0.3, -0.25) is 0 Å². The molecule has 0 amide bonds. The predicted octanol–water partition coefficient (Wildman–Crippen LogP) is 5.20. The highest BCUT2D eigenvalue weighted by molar-refractivity contribution is 7.90. The lowest BCUT2D eigenvalue weighted by Crippen LogP contribution is -2.16. The molecule has 4 nitrogen and oxygen atoms in total. The van der Waals surface area contributed by atoms with Gasteiger partial charge in [-0.15, -0.1) is 0 Å². The first kappa shape index (κ1) is 20.3. The minimum absolute atomic E-state index is 0.0376. The van der Waals surface area contributed by atoms with Crippen molar-refractivity contribution < 1.29 is 26.3 Å². The molecule has 1 heterocycles. The molecular weight excluding hydrogens is 391 g/mol. The first-order valence-electron chi connectivity index (χ1n) is 8.48. The Morgan fingerprint density at radius 1 is 0.964 bits per heavy atom. The lowest BCUT2D eigenvalue weighted by Gasteiger charge is -2.23. The van der Waals surface area contributed by atoms with Gasteiger partial charge in [0, 0.05) is 17.1 Å². The van der Waals surface area contributed by atoms with Gasteiger partial charge in [0.2, 0.25) is 0 Å². The SMILES string of the molecule is COc1ccc(S(=O)(=O)n2ccc3cc(C(F)(F)F)ccc32)cc1C(C)(C)C. The highest BCUT2D eigenvalue weighted by atomic mass is 32.2. The average Bonchev–Trinajstić information content (AvgIpc) is 3.03. The van der Waals surface area contributed by atoms with E-state index in [-0.39, 0.29) is 21.2 Å². The third-order valence-electron chi connectivity index (χ3n) is 4.52. The summed E-state index contributed by atoms with van der Waals surface area (Å²) in [6.07, 6.45) is -3.23. The van der Waals surface area contributed by atoms with Crippen molar-refractivity contribution in [3.63, 3.8) is 0 Å². The average molecular weight is 411 g/mol. The molecule has 0 saturated heterocycles. The summed E-state index contributed by atoms with van der Waals surface area (Å²) in [5.74, 6) is 0.568. The Labute approximate surface area is 161 Å². The zero-order valence-corrected chi connectivity index (χ0v) is 16.6. The molecule has 1 aromatic heterocycles. The number of hydrogen-bond donors (Lipinski definition) is 0. The monoisotopic (exact) mass is 411 g/mol. The number of ether oxygens (including phenoxy) is 1. The molecule has 0 atom stereocenters. The van der Waals surface area contributed by atoms with E-state index in [1.165, 1.54) is 31.5 Å². The van der Waals surface area contributed by atoms with Crippen molar-refractivity contribution in [3.8, 4) is 5.75 Å². The zero-order valence-electron chi connectivity index (χ0n) is 15.8. The number of fused-ring (bicyclic) bond motifs is 1. The molecule has 0 radical (unpaired) electrons. The van der Waals surface area contributed by atoms with Gasteiger partial charge in [-0.2, -0.15) is 13.2 Å². The second-order valence-corrected chi connectivity index (χ2v) is 9.31. The quantitative estimate of drug-likeness (QED) is 0.595. The van der Waals surface area contributed by atoms with Crippen molar-refractivity contribution in [2.75, 3.05) is 7.11 Å². The molecule has 0 aliphatic carbocycles. The van der Waals surface area contributed by atoms with E-state index in [1.807, 2.05) is 20.8 Å². The van der Waals surface area contributed by atoms with Crippen LogP contribution in [0.3, 0.4) is 0 Å². The van der Waals surface area contributed by atoms with Crippen molar-refractivity contribution in [1.82, 2.24) is 3.97 Å². The van der Waals surface area contributed by atoms with Crippen LogP contribution in [-0.2, 0) is 21.6 Å². The smallest absolute Gasteiger partial charge is 0.416 e. The van der Waals surface area contributed by atoms with Crippen LogP contribution in [0.2, 0.25) is 0 Å². The molecule has 0 N–H and O–H groups in total. The van der Waals surface area contributed by atoms with Gasteiger partial charge >= 0.3 is 6.18 Å². The number of methoxy groups -OCH3 is 1. The van der Waals surface area contributed by atoms with Gasteiger partial charge in [0.25, 0.3) is 10.0 Å². The highest BCUT2D eigenvalue weighted by Crippen LogP contribution is 2.35. The Kier molecular flexibility index (Phi) is 4.74. The second kappa shape index (κ2) is 6.55. The van der Waals surface area contributed by atoms with Crippen molar-refractivity contribution in [2.24, 2.45) is 0 Å². The second-order valence-electron chi connectivity index (χ2n) is 7.50. The molecule has 0 spiro atoms. The summed E-state index contributed by atoms with van der Waals surface area (Å²) < 4.78 is 71.4. The van der Waals surface area contributed by atoms with E-state index >= 15 is 0 Å². The summed E-state index contributed by atoms with van der Waals surface area (Å²) >= 11 is 0. The number of benzene rings is 2. The number of halogens is 3. The number of nitrogens with zero attached hydrogens (tertiary/aromatic N) is 1. The van der Waals surface area contributed by atoms with E-state index < -0.39 is 21.8 Å². The van der Waals surface area contributed by atoms with E-state index in [0.717, 1.165) is 16.1 Å². The maximum absolute atomic E-state index is 13.2. The van der Waals surface area contributed by atoms with Crippen LogP contribution in [0.5, 0.6) is 5.75 Å².